The van der Waals surface area contributed by atoms with Gasteiger partial charge >= 0.3 is 6.18 Å². The third-order valence-corrected chi connectivity index (χ3v) is 4.09. The van der Waals surface area contributed by atoms with Gasteiger partial charge in [0, 0.05) is 5.56 Å². The van der Waals surface area contributed by atoms with Crippen LogP contribution < -0.4 is 5.43 Å². The molecule has 0 spiro atoms. The number of rotatable bonds is 5. The van der Waals surface area contributed by atoms with Crippen LogP contribution in [-0.4, -0.2) is 22.9 Å². The summed E-state index contributed by atoms with van der Waals surface area (Å²) in [4.78, 5) is 16.0. The first-order chi connectivity index (χ1) is 12.4. The summed E-state index contributed by atoms with van der Waals surface area (Å²) in [6.07, 6.45) is -3.53. The molecule has 5 nitrogen and oxygen atoms in total. The maximum atomic E-state index is 12.9. The van der Waals surface area contributed by atoms with Crippen LogP contribution in [0.2, 0.25) is 0 Å². The van der Waals surface area contributed by atoms with Gasteiger partial charge in [0.25, 0.3) is 11.1 Å². The monoisotopic (exact) mass is 379 g/mol. The number of alkyl halides is 3. The molecule has 0 bridgehead atoms. The van der Waals surface area contributed by atoms with Crippen molar-refractivity contribution >= 4 is 35.0 Å². The van der Waals surface area contributed by atoms with Crippen molar-refractivity contribution in [2.24, 2.45) is 5.10 Å². The molecule has 1 heterocycles. The number of para-hydroxylation sites is 2. The van der Waals surface area contributed by atoms with Crippen molar-refractivity contribution in [3.8, 4) is 0 Å². The number of nitrogens with zero attached hydrogens (tertiary/aromatic N) is 2. The van der Waals surface area contributed by atoms with Crippen molar-refractivity contribution in [2.75, 3.05) is 5.75 Å². The van der Waals surface area contributed by atoms with Crippen LogP contribution in [0.15, 0.2) is 63.3 Å². The lowest BCUT2D eigenvalue weighted by atomic mass is 10.1. The van der Waals surface area contributed by atoms with Crippen molar-refractivity contribution in [3.05, 3.63) is 59.7 Å². The predicted molar refractivity (Wildman–Crippen MR) is 91.9 cm³/mol. The Balaban J connectivity index is 1.57. The zero-order valence-electron chi connectivity index (χ0n) is 13.2. The number of hydrazone groups is 1. The Morgan fingerprint density at radius 1 is 1.19 bits per heavy atom. The summed E-state index contributed by atoms with van der Waals surface area (Å²) in [5.74, 6) is -0.525. The maximum Gasteiger partial charge on any atom is 0.417 e. The number of nitrogens with one attached hydrogen (secondary N) is 1. The molecule has 0 aliphatic rings. The number of thioether (sulfide) groups is 1. The summed E-state index contributed by atoms with van der Waals surface area (Å²) in [6, 6.07) is 12.1. The van der Waals surface area contributed by atoms with Crippen LogP contribution in [0, 0.1) is 0 Å². The predicted octanol–water partition coefficient (Wildman–Crippen LogP) is 4.09. The summed E-state index contributed by atoms with van der Waals surface area (Å²) in [7, 11) is 0. The van der Waals surface area contributed by atoms with Crippen LogP contribution in [0.5, 0.6) is 0 Å². The largest absolute Gasteiger partial charge is 0.431 e. The third kappa shape index (κ3) is 4.42. The van der Waals surface area contributed by atoms with Gasteiger partial charge in [0.05, 0.1) is 17.5 Å². The van der Waals surface area contributed by atoms with Gasteiger partial charge in [-0.25, -0.2) is 10.4 Å². The Kier molecular flexibility index (Phi) is 5.27. The Hall–Kier alpha value is -2.81. The van der Waals surface area contributed by atoms with Gasteiger partial charge in [-0.1, -0.05) is 42.1 Å². The van der Waals surface area contributed by atoms with Gasteiger partial charge in [0.2, 0.25) is 0 Å². The molecule has 1 N–H and O–H groups in total. The van der Waals surface area contributed by atoms with E-state index in [9.17, 15) is 18.0 Å². The SMILES string of the molecule is O=C(CSc1nc2ccccc2o1)N/N=C\c1ccccc1C(F)(F)F. The Morgan fingerprint density at radius 2 is 1.92 bits per heavy atom. The summed E-state index contributed by atoms with van der Waals surface area (Å²) in [5, 5.41) is 3.91. The van der Waals surface area contributed by atoms with Crippen LogP contribution in [0.4, 0.5) is 13.2 Å². The Bertz CT molecular complexity index is 921. The van der Waals surface area contributed by atoms with E-state index >= 15 is 0 Å². The van der Waals surface area contributed by atoms with E-state index in [1.54, 1.807) is 12.1 Å². The molecule has 9 heteroatoms. The van der Waals surface area contributed by atoms with Crippen molar-refractivity contribution < 1.29 is 22.4 Å². The topological polar surface area (TPSA) is 67.5 Å². The second kappa shape index (κ2) is 7.61. The van der Waals surface area contributed by atoms with Crippen LogP contribution >= 0.6 is 11.8 Å². The zero-order chi connectivity index (χ0) is 18.6. The van der Waals surface area contributed by atoms with E-state index in [4.69, 9.17) is 4.42 Å². The highest BCUT2D eigenvalue weighted by Crippen LogP contribution is 2.31. The molecule has 3 rings (SSSR count). The molecule has 0 aliphatic carbocycles. The van der Waals surface area contributed by atoms with Crippen molar-refractivity contribution in [2.45, 2.75) is 11.4 Å². The molecule has 3 aromatic rings. The lowest BCUT2D eigenvalue weighted by Gasteiger charge is -2.09. The molecule has 0 saturated heterocycles. The summed E-state index contributed by atoms with van der Waals surface area (Å²) >= 11 is 1.06. The summed E-state index contributed by atoms with van der Waals surface area (Å²) in [5.41, 5.74) is 2.52. The fourth-order valence-electron chi connectivity index (χ4n) is 2.11. The minimum atomic E-state index is -4.49. The normalized spacial score (nSPS) is 12.0. The van der Waals surface area contributed by atoms with Gasteiger partial charge in [-0.3, -0.25) is 4.79 Å². The average molecular weight is 379 g/mol. The average Bonchev–Trinajstić information content (AvgIpc) is 3.02. The molecule has 1 amide bonds. The number of carbonyl (C=O) groups excluding carboxylic acids is 1. The highest BCUT2D eigenvalue weighted by atomic mass is 32.2. The Morgan fingerprint density at radius 3 is 2.69 bits per heavy atom. The lowest BCUT2D eigenvalue weighted by molar-refractivity contribution is -0.137. The van der Waals surface area contributed by atoms with Crippen molar-refractivity contribution in [1.82, 2.24) is 10.4 Å². The highest BCUT2D eigenvalue weighted by molar-refractivity contribution is 7.99. The fraction of sp³-hybridized carbons (Fsp3) is 0.118. The molecule has 26 heavy (non-hydrogen) atoms. The van der Waals surface area contributed by atoms with E-state index in [1.165, 1.54) is 18.2 Å². The van der Waals surface area contributed by atoms with E-state index in [-0.39, 0.29) is 11.3 Å². The number of fused-ring (bicyclic) bond motifs is 1. The third-order valence-electron chi connectivity index (χ3n) is 3.26. The van der Waals surface area contributed by atoms with E-state index in [0.717, 1.165) is 24.0 Å². The molecule has 0 fully saturated rings. The van der Waals surface area contributed by atoms with Gasteiger partial charge in [-0.05, 0) is 18.2 Å². The van der Waals surface area contributed by atoms with Gasteiger partial charge in [-0.2, -0.15) is 18.3 Å². The standard InChI is InChI=1S/C17H12F3N3O2S/c18-17(19,20)12-6-2-1-5-11(12)9-21-23-15(24)10-26-16-22-13-7-3-4-8-14(13)25-16/h1-9H,10H2,(H,23,24)/b21-9-. The number of hydrogen-bond donors (Lipinski definition) is 1. The van der Waals surface area contributed by atoms with Crippen LogP contribution in [0.3, 0.4) is 0 Å². The molecular weight excluding hydrogens is 367 g/mol. The molecule has 2 aromatic carbocycles. The highest BCUT2D eigenvalue weighted by Gasteiger charge is 2.32. The molecule has 0 unspecified atom stereocenters. The number of amides is 1. The maximum absolute atomic E-state index is 12.9. The van der Waals surface area contributed by atoms with Crippen LogP contribution in [-0.2, 0) is 11.0 Å². The number of benzene rings is 2. The quantitative estimate of drug-likeness (QED) is 0.412. The zero-order valence-corrected chi connectivity index (χ0v) is 14.0. The summed E-state index contributed by atoms with van der Waals surface area (Å²) < 4.78 is 44.0. The first kappa shape index (κ1) is 18.0. The molecule has 134 valence electrons. The van der Waals surface area contributed by atoms with E-state index in [2.05, 4.69) is 15.5 Å². The Labute approximate surface area is 150 Å². The minimum absolute atomic E-state index is 0.0366. The number of aromatic nitrogens is 1. The number of carbonyl (C=O) groups is 1. The number of oxazole rings is 1. The number of hydrogen-bond acceptors (Lipinski definition) is 5. The molecule has 0 aliphatic heterocycles. The van der Waals surface area contributed by atoms with Gasteiger partial charge in [0.15, 0.2) is 5.58 Å². The van der Waals surface area contributed by atoms with Crippen molar-refractivity contribution in [3.63, 3.8) is 0 Å². The second-order valence-corrected chi connectivity index (χ2v) is 6.04. The van der Waals surface area contributed by atoms with E-state index < -0.39 is 17.6 Å². The smallest absolute Gasteiger partial charge is 0.417 e. The first-order valence-corrected chi connectivity index (χ1v) is 8.38. The van der Waals surface area contributed by atoms with Gasteiger partial charge in [0.1, 0.15) is 5.52 Å². The molecule has 0 radical (unpaired) electrons. The molecular formula is C17H12F3N3O2S. The van der Waals surface area contributed by atoms with E-state index in [1.807, 2.05) is 12.1 Å². The van der Waals surface area contributed by atoms with Crippen molar-refractivity contribution in [1.29, 1.82) is 0 Å². The molecule has 0 atom stereocenters. The first-order valence-electron chi connectivity index (χ1n) is 7.40. The number of halogens is 3. The van der Waals surface area contributed by atoms with E-state index in [0.29, 0.717) is 16.3 Å². The minimum Gasteiger partial charge on any atom is -0.431 e. The van der Waals surface area contributed by atoms with Gasteiger partial charge < -0.3 is 4.42 Å². The van der Waals surface area contributed by atoms with Gasteiger partial charge in [-0.15, -0.1) is 0 Å². The second-order valence-electron chi connectivity index (χ2n) is 5.11. The van der Waals surface area contributed by atoms with Crippen LogP contribution in [0.1, 0.15) is 11.1 Å². The molecule has 1 aromatic heterocycles. The molecule has 0 saturated carbocycles. The fourth-order valence-corrected chi connectivity index (χ4v) is 2.74. The van der Waals surface area contributed by atoms with Crippen LogP contribution in [0.25, 0.3) is 11.1 Å². The lowest BCUT2D eigenvalue weighted by Crippen LogP contribution is -2.20. The summed E-state index contributed by atoms with van der Waals surface area (Å²) in [6.45, 7) is 0.